The summed E-state index contributed by atoms with van der Waals surface area (Å²) in [5, 5.41) is 8.82. The number of rotatable bonds is 6. The Balaban J connectivity index is 2.84. The fourth-order valence-corrected chi connectivity index (χ4v) is 3.73. The van der Waals surface area contributed by atoms with Crippen molar-refractivity contribution in [2.75, 3.05) is 12.4 Å². The highest BCUT2D eigenvalue weighted by Gasteiger charge is 2.21. The Hall–Kier alpha value is -1.41. The van der Waals surface area contributed by atoms with Crippen molar-refractivity contribution in [1.82, 2.24) is 0 Å². The van der Waals surface area contributed by atoms with Crippen molar-refractivity contribution in [3.8, 4) is 0 Å². The van der Waals surface area contributed by atoms with Crippen LogP contribution in [0.2, 0.25) is 0 Å². The zero-order valence-electron chi connectivity index (χ0n) is 10.5. The maximum absolute atomic E-state index is 11.8. The predicted molar refractivity (Wildman–Crippen MR) is 70.1 cm³/mol. The number of aromatic carboxylic acids is 1. The zero-order chi connectivity index (χ0) is 14.6. The van der Waals surface area contributed by atoms with Crippen LogP contribution in [0.15, 0.2) is 6.07 Å². The van der Waals surface area contributed by atoms with Crippen molar-refractivity contribution in [3.63, 3.8) is 0 Å². The third-order valence-corrected chi connectivity index (χ3v) is 4.76. The summed E-state index contributed by atoms with van der Waals surface area (Å²) in [6.45, 7) is 3.36. The van der Waals surface area contributed by atoms with Crippen LogP contribution in [0.1, 0.15) is 27.0 Å². The second kappa shape index (κ2) is 6.16. The number of aryl methyl sites for hydroxylation is 1. The van der Waals surface area contributed by atoms with Gasteiger partial charge in [0.1, 0.15) is 10.6 Å². The Kier molecular flexibility index (Phi) is 5.07. The summed E-state index contributed by atoms with van der Waals surface area (Å²) in [6, 6.07) is 1.32. The quantitative estimate of drug-likeness (QED) is 0.794. The van der Waals surface area contributed by atoms with Gasteiger partial charge in [0, 0.05) is 4.88 Å². The van der Waals surface area contributed by atoms with Gasteiger partial charge in [0.05, 0.1) is 12.4 Å². The summed E-state index contributed by atoms with van der Waals surface area (Å²) in [5.41, 5.74) is 0.409. The lowest BCUT2D eigenvalue weighted by Gasteiger charge is -2.03. The van der Waals surface area contributed by atoms with E-state index in [4.69, 9.17) is 5.11 Å². The molecule has 0 fully saturated rings. The molecule has 1 aromatic rings. The number of ether oxygens (including phenoxy) is 1. The first kappa shape index (κ1) is 15.6. The highest BCUT2D eigenvalue weighted by atomic mass is 32.2. The van der Waals surface area contributed by atoms with Crippen LogP contribution in [0.3, 0.4) is 0 Å². The number of sulfone groups is 1. The minimum Gasteiger partial charge on any atom is -0.477 e. The number of carbonyl (C=O) groups is 2. The second-order valence-corrected chi connectivity index (χ2v) is 7.16. The Morgan fingerprint density at radius 2 is 2.05 bits per heavy atom. The average Bonchev–Trinajstić information content (AvgIpc) is 2.59. The van der Waals surface area contributed by atoms with Gasteiger partial charge in [-0.05, 0) is 25.5 Å². The van der Waals surface area contributed by atoms with E-state index in [1.54, 1.807) is 13.8 Å². The average molecular weight is 306 g/mol. The largest absolute Gasteiger partial charge is 0.477 e. The standard InChI is InChI=1S/C11H14O6S2/c1-3-17-10(12)6-19(15,16)5-8-4-9(11(13)14)18-7(8)2/h4H,3,5-6H2,1-2H3,(H,13,14). The van der Waals surface area contributed by atoms with Gasteiger partial charge in [-0.1, -0.05) is 0 Å². The number of carboxylic acid groups (broad SMARTS) is 1. The third-order valence-electron chi connectivity index (χ3n) is 2.25. The Bertz CT molecular complexity index is 584. The van der Waals surface area contributed by atoms with E-state index in [-0.39, 0.29) is 17.2 Å². The van der Waals surface area contributed by atoms with E-state index in [9.17, 15) is 18.0 Å². The molecule has 0 saturated carbocycles. The molecule has 1 rings (SSSR count). The van der Waals surface area contributed by atoms with Gasteiger partial charge in [-0.2, -0.15) is 0 Å². The van der Waals surface area contributed by atoms with Crippen molar-refractivity contribution in [2.24, 2.45) is 0 Å². The molecule has 0 radical (unpaired) electrons. The van der Waals surface area contributed by atoms with Crippen LogP contribution in [-0.2, 0) is 25.1 Å². The molecule has 0 amide bonds. The molecule has 0 aliphatic heterocycles. The molecule has 0 unspecified atom stereocenters. The predicted octanol–water partition coefficient (Wildman–Crippen LogP) is 1.23. The minimum absolute atomic E-state index is 0.0823. The molecule has 19 heavy (non-hydrogen) atoms. The number of hydrogen-bond donors (Lipinski definition) is 1. The van der Waals surface area contributed by atoms with E-state index < -0.39 is 27.5 Å². The lowest BCUT2D eigenvalue weighted by Crippen LogP contribution is -2.20. The van der Waals surface area contributed by atoms with E-state index in [1.165, 1.54) is 6.07 Å². The first-order valence-electron chi connectivity index (χ1n) is 5.44. The summed E-state index contributed by atoms with van der Waals surface area (Å²) in [4.78, 5) is 22.6. The minimum atomic E-state index is -3.65. The SMILES string of the molecule is CCOC(=O)CS(=O)(=O)Cc1cc(C(=O)O)sc1C. The summed E-state index contributed by atoms with van der Waals surface area (Å²) in [6.07, 6.45) is 0. The van der Waals surface area contributed by atoms with Gasteiger partial charge < -0.3 is 9.84 Å². The van der Waals surface area contributed by atoms with Crippen LogP contribution in [0.4, 0.5) is 0 Å². The maximum atomic E-state index is 11.8. The molecular formula is C11H14O6S2. The zero-order valence-corrected chi connectivity index (χ0v) is 12.1. The van der Waals surface area contributed by atoms with Crippen LogP contribution in [0, 0.1) is 6.92 Å². The Morgan fingerprint density at radius 1 is 1.42 bits per heavy atom. The van der Waals surface area contributed by atoms with Crippen molar-refractivity contribution >= 4 is 33.1 Å². The summed E-state index contributed by atoms with van der Waals surface area (Å²) in [7, 11) is -3.65. The van der Waals surface area contributed by atoms with Crippen LogP contribution in [0.25, 0.3) is 0 Å². The van der Waals surface area contributed by atoms with Gasteiger partial charge in [-0.15, -0.1) is 11.3 Å². The summed E-state index contributed by atoms with van der Waals surface area (Å²) in [5.74, 6) is -2.95. The molecule has 106 valence electrons. The molecule has 0 aliphatic rings. The normalized spacial score (nSPS) is 11.3. The topological polar surface area (TPSA) is 97.7 Å². The first-order chi connectivity index (χ1) is 8.75. The lowest BCUT2D eigenvalue weighted by atomic mass is 10.3. The van der Waals surface area contributed by atoms with Gasteiger partial charge in [-0.25, -0.2) is 13.2 Å². The highest BCUT2D eigenvalue weighted by molar-refractivity contribution is 7.91. The number of esters is 1. The van der Waals surface area contributed by atoms with Crippen LogP contribution in [-0.4, -0.2) is 37.8 Å². The molecule has 1 N–H and O–H groups in total. The maximum Gasteiger partial charge on any atom is 0.345 e. The smallest absolute Gasteiger partial charge is 0.345 e. The van der Waals surface area contributed by atoms with Crippen molar-refractivity contribution in [2.45, 2.75) is 19.6 Å². The van der Waals surface area contributed by atoms with Gasteiger partial charge >= 0.3 is 11.9 Å². The monoisotopic (exact) mass is 306 g/mol. The number of thiophene rings is 1. The van der Waals surface area contributed by atoms with Crippen molar-refractivity contribution in [1.29, 1.82) is 0 Å². The van der Waals surface area contributed by atoms with E-state index in [2.05, 4.69) is 4.74 Å². The number of hydrogen-bond acceptors (Lipinski definition) is 6. The Morgan fingerprint density at radius 3 is 2.53 bits per heavy atom. The molecule has 0 bridgehead atoms. The Labute approximate surface area is 114 Å². The van der Waals surface area contributed by atoms with E-state index in [1.807, 2.05) is 0 Å². The number of carbonyl (C=O) groups excluding carboxylic acids is 1. The van der Waals surface area contributed by atoms with Gasteiger partial charge in [0.2, 0.25) is 0 Å². The van der Waals surface area contributed by atoms with Crippen molar-refractivity contribution in [3.05, 3.63) is 21.4 Å². The second-order valence-electron chi connectivity index (χ2n) is 3.83. The van der Waals surface area contributed by atoms with Crippen LogP contribution >= 0.6 is 11.3 Å². The lowest BCUT2D eigenvalue weighted by molar-refractivity contribution is -0.139. The molecule has 0 atom stereocenters. The molecule has 8 heteroatoms. The molecule has 1 heterocycles. The van der Waals surface area contributed by atoms with Gasteiger partial charge in [0.15, 0.2) is 9.84 Å². The summed E-state index contributed by atoms with van der Waals surface area (Å²) >= 11 is 1.01. The molecule has 0 saturated heterocycles. The highest BCUT2D eigenvalue weighted by Crippen LogP contribution is 2.23. The van der Waals surface area contributed by atoms with Crippen molar-refractivity contribution < 1.29 is 27.9 Å². The molecular weight excluding hydrogens is 292 g/mol. The van der Waals surface area contributed by atoms with Crippen LogP contribution < -0.4 is 0 Å². The van der Waals surface area contributed by atoms with E-state index in [0.717, 1.165) is 11.3 Å². The third kappa shape index (κ3) is 4.64. The fourth-order valence-electron chi connectivity index (χ4n) is 1.44. The van der Waals surface area contributed by atoms with Crippen LogP contribution in [0.5, 0.6) is 0 Å². The number of carboxylic acids is 1. The van der Waals surface area contributed by atoms with E-state index >= 15 is 0 Å². The molecule has 6 nitrogen and oxygen atoms in total. The molecule has 0 aromatic carbocycles. The molecule has 0 aliphatic carbocycles. The fraction of sp³-hybridized carbons (Fsp3) is 0.455. The van der Waals surface area contributed by atoms with Gasteiger partial charge in [-0.3, -0.25) is 4.79 Å². The molecule has 1 aromatic heterocycles. The first-order valence-corrected chi connectivity index (χ1v) is 8.07. The summed E-state index contributed by atoms with van der Waals surface area (Å²) < 4.78 is 28.1. The molecule has 0 spiro atoms. The van der Waals surface area contributed by atoms with Gasteiger partial charge in [0.25, 0.3) is 0 Å². The van der Waals surface area contributed by atoms with E-state index in [0.29, 0.717) is 10.4 Å².